The van der Waals surface area contributed by atoms with E-state index >= 15 is 0 Å². The minimum absolute atomic E-state index is 0.0486. The lowest BCUT2D eigenvalue weighted by Crippen LogP contribution is -2.25. The van der Waals surface area contributed by atoms with Gasteiger partial charge in [-0.2, -0.15) is 0 Å². The molecule has 0 saturated carbocycles. The Morgan fingerprint density at radius 2 is 1.62 bits per heavy atom. The molecule has 1 unspecified atom stereocenters. The van der Waals surface area contributed by atoms with Gasteiger partial charge < -0.3 is 20.1 Å². The summed E-state index contributed by atoms with van der Waals surface area (Å²) in [5.74, 6) is -1.68. The van der Waals surface area contributed by atoms with Gasteiger partial charge in [-0.25, -0.2) is 0 Å². The molecule has 0 saturated heterocycles. The first-order chi connectivity index (χ1) is 20.2. The normalized spacial score (nSPS) is 12.2. The lowest BCUT2D eigenvalue weighted by atomic mass is 9.84. The Balaban J connectivity index is 1.44. The molecule has 3 N–H and O–H groups in total. The summed E-state index contributed by atoms with van der Waals surface area (Å²) in [4.78, 5) is 26.5. The van der Waals surface area contributed by atoms with Gasteiger partial charge in [0.05, 0.1) is 6.42 Å². The number of aliphatic carboxylic acids is 1. The van der Waals surface area contributed by atoms with Crippen molar-refractivity contribution in [3.63, 3.8) is 0 Å². The van der Waals surface area contributed by atoms with Gasteiger partial charge in [0.2, 0.25) is 0 Å². The molecule has 1 aromatic heterocycles. The number of carbonyl (C=O) groups excluding carboxylic acids is 1. The first-order valence-corrected chi connectivity index (χ1v) is 13.3. The molecular weight excluding hydrogens is 545 g/mol. The highest BCUT2D eigenvalue weighted by Gasteiger charge is 2.31. The van der Waals surface area contributed by atoms with Crippen molar-refractivity contribution in [3.8, 4) is 16.9 Å². The number of H-pyrrole nitrogens is 1. The lowest BCUT2D eigenvalue weighted by Gasteiger charge is -2.19. The summed E-state index contributed by atoms with van der Waals surface area (Å²) in [5.41, 5.74) is 6.14. The predicted octanol–water partition coefficient (Wildman–Crippen LogP) is 7.31. The average molecular weight is 573 g/mol. The summed E-state index contributed by atoms with van der Waals surface area (Å²) in [6.07, 6.45) is -2.29. The molecular formula is C33H27F3N2O4. The summed E-state index contributed by atoms with van der Waals surface area (Å²) in [6.45, 7) is 0.0486. The van der Waals surface area contributed by atoms with Crippen LogP contribution in [-0.4, -0.2) is 34.9 Å². The van der Waals surface area contributed by atoms with E-state index in [2.05, 4.69) is 21.1 Å². The molecule has 0 fully saturated rings. The van der Waals surface area contributed by atoms with Crippen molar-refractivity contribution in [1.82, 2.24) is 10.3 Å². The number of ether oxygens (including phenoxy) is 1. The minimum atomic E-state index is -4.75. The SMILES string of the molecule is O=C(O)CCNC(=O)c1ccc(CC(c2cccc(-c3ccc(OC(F)(F)F)cc3)c2)c2c[nH]c3ccccc23)cc1. The smallest absolute Gasteiger partial charge is 0.481 e. The maximum Gasteiger partial charge on any atom is 0.573 e. The van der Waals surface area contributed by atoms with E-state index in [1.54, 1.807) is 24.3 Å². The predicted molar refractivity (Wildman–Crippen MR) is 153 cm³/mol. The van der Waals surface area contributed by atoms with Gasteiger partial charge in [0.25, 0.3) is 5.91 Å². The number of carboxylic acids is 1. The monoisotopic (exact) mass is 572 g/mol. The number of para-hydroxylation sites is 1. The molecule has 0 spiro atoms. The minimum Gasteiger partial charge on any atom is -0.481 e. The Morgan fingerprint density at radius 3 is 2.33 bits per heavy atom. The molecule has 1 atom stereocenters. The van der Waals surface area contributed by atoms with Gasteiger partial charge in [0.15, 0.2) is 0 Å². The van der Waals surface area contributed by atoms with Crippen molar-refractivity contribution in [3.05, 3.63) is 126 Å². The lowest BCUT2D eigenvalue weighted by molar-refractivity contribution is -0.274. The Hall–Kier alpha value is -5.05. The fourth-order valence-electron chi connectivity index (χ4n) is 4.99. The van der Waals surface area contributed by atoms with Crippen LogP contribution < -0.4 is 10.1 Å². The molecule has 42 heavy (non-hydrogen) atoms. The zero-order chi connectivity index (χ0) is 29.7. The molecule has 5 aromatic rings. The molecule has 5 rings (SSSR count). The molecule has 0 aliphatic carbocycles. The molecule has 0 aliphatic rings. The van der Waals surface area contributed by atoms with Gasteiger partial charge in [-0.05, 0) is 64.6 Å². The van der Waals surface area contributed by atoms with E-state index in [0.717, 1.165) is 38.7 Å². The molecule has 0 aliphatic heterocycles. The van der Waals surface area contributed by atoms with Crippen LogP contribution in [0.5, 0.6) is 5.75 Å². The molecule has 0 radical (unpaired) electrons. The number of rotatable bonds is 10. The van der Waals surface area contributed by atoms with Gasteiger partial charge in [-0.1, -0.05) is 66.7 Å². The van der Waals surface area contributed by atoms with Crippen LogP contribution in [0.25, 0.3) is 22.0 Å². The number of fused-ring (bicyclic) bond motifs is 1. The Bertz CT molecular complexity index is 1690. The molecule has 1 amide bonds. The van der Waals surface area contributed by atoms with Crippen LogP contribution in [0.3, 0.4) is 0 Å². The number of alkyl halides is 3. The van der Waals surface area contributed by atoms with Crippen molar-refractivity contribution in [2.75, 3.05) is 6.54 Å². The molecule has 6 nitrogen and oxygen atoms in total. The number of aromatic amines is 1. The fraction of sp³-hybridized carbons (Fsp3) is 0.152. The van der Waals surface area contributed by atoms with Crippen molar-refractivity contribution in [2.45, 2.75) is 25.1 Å². The number of hydrogen-bond donors (Lipinski definition) is 3. The third kappa shape index (κ3) is 6.98. The highest BCUT2D eigenvalue weighted by Crippen LogP contribution is 2.36. The summed E-state index contributed by atoms with van der Waals surface area (Å²) < 4.78 is 41.8. The zero-order valence-electron chi connectivity index (χ0n) is 22.3. The summed E-state index contributed by atoms with van der Waals surface area (Å²) in [7, 11) is 0. The van der Waals surface area contributed by atoms with Crippen LogP contribution in [0.4, 0.5) is 13.2 Å². The van der Waals surface area contributed by atoms with Gasteiger partial charge in [-0.15, -0.1) is 13.2 Å². The molecule has 214 valence electrons. The quantitative estimate of drug-likeness (QED) is 0.164. The molecule has 1 heterocycles. The summed E-state index contributed by atoms with van der Waals surface area (Å²) >= 11 is 0. The Kier molecular flexibility index (Phi) is 8.28. The van der Waals surface area contributed by atoms with Crippen molar-refractivity contribution in [2.24, 2.45) is 0 Å². The van der Waals surface area contributed by atoms with Crippen LogP contribution in [0.15, 0.2) is 103 Å². The number of nitrogens with one attached hydrogen (secondary N) is 2. The Labute approximate surface area is 239 Å². The first kappa shape index (κ1) is 28.5. The van der Waals surface area contributed by atoms with Crippen LogP contribution >= 0.6 is 0 Å². The molecule has 0 bridgehead atoms. The van der Waals surface area contributed by atoms with E-state index in [-0.39, 0.29) is 30.5 Å². The fourth-order valence-corrected chi connectivity index (χ4v) is 4.99. The number of aromatic nitrogens is 1. The molecule has 4 aromatic carbocycles. The second-order valence-corrected chi connectivity index (χ2v) is 9.84. The maximum atomic E-state index is 12.6. The Morgan fingerprint density at radius 1 is 0.881 bits per heavy atom. The van der Waals surface area contributed by atoms with E-state index in [1.807, 2.05) is 60.8 Å². The standard InChI is InChI=1S/C33H27F3N2O4/c34-33(35,36)42-26-14-12-22(13-15-26)24-4-3-5-25(19-24)28(29-20-38-30-7-2-1-6-27(29)30)18-21-8-10-23(11-9-21)32(41)37-17-16-31(39)40/h1-15,19-20,28,38H,16-18H2,(H,37,41)(H,39,40). The third-order valence-corrected chi connectivity index (χ3v) is 6.99. The number of carboxylic acid groups (broad SMARTS) is 1. The third-order valence-electron chi connectivity index (χ3n) is 6.99. The van der Waals surface area contributed by atoms with Gasteiger partial charge in [-0.3, -0.25) is 9.59 Å². The highest BCUT2D eigenvalue weighted by atomic mass is 19.4. The van der Waals surface area contributed by atoms with Crippen LogP contribution in [-0.2, 0) is 11.2 Å². The zero-order valence-corrected chi connectivity index (χ0v) is 22.3. The summed E-state index contributed by atoms with van der Waals surface area (Å²) in [5, 5.41) is 12.5. The largest absolute Gasteiger partial charge is 0.573 e. The number of benzene rings is 4. The second kappa shape index (κ2) is 12.2. The van der Waals surface area contributed by atoms with Gasteiger partial charge in [0, 0.05) is 35.1 Å². The van der Waals surface area contributed by atoms with E-state index < -0.39 is 12.3 Å². The summed E-state index contributed by atoms with van der Waals surface area (Å²) in [6, 6.07) is 28.9. The van der Waals surface area contributed by atoms with E-state index in [9.17, 15) is 22.8 Å². The van der Waals surface area contributed by atoms with Crippen molar-refractivity contribution >= 4 is 22.8 Å². The molecule has 9 heteroatoms. The highest BCUT2D eigenvalue weighted by molar-refractivity contribution is 5.94. The van der Waals surface area contributed by atoms with Crippen LogP contribution in [0.1, 0.15) is 39.4 Å². The second-order valence-electron chi connectivity index (χ2n) is 9.84. The maximum absolute atomic E-state index is 12.6. The van der Waals surface area contributed by atoms with E-state index in [1.165, 1.54) is 12.1 Å². The van der Waals surface area contributed by atoms with Crippen LogP contribution in [0, 0.1) is 0 Å². The topological polar surface area (TPSA) is 91.4 Å². The first-order valence-electron chi connectivity index (χ1n) is 13.3. The number of carbonyl (C=O) groups is 2. The van der Waals surface area contributed by atoms with E-state index in [0.29, 0.717) is 12.0 Å². The average Bonchev–Trinajstić information content (AvgIpc) is 3.39. The van der Waals surface area contributed by atoms with Crippen molar-refractivity contribution in [1.29, 1.82) is 0 Å². The van der Waals surface area contributed by atoms with Crippen LogP contribution in [0.2, 0.25) is 0 Å². The number of halogens is 3. The number of amides is 1. The number of hydrogen-bond acceptors (Lipinski definition) is 3. The van der Waals surface area contributed by atoms with E-state index in [4.69, 9.17) is 5.11 Å². The van der Waals surface area contributed by atoms with Gasteiger partial charge >= 0.3 is 12.3 Å². The van der Waals surface area contributed by atoms with Gasteiger partial charge in [0.1, 0.15) is 5.75 Å². The van der Waals surface area contributed by atoms with Crippen molar-refractivity contribution < 1.29 is 32.6 Å².